The van der Waals surface area contributed by atoms with E-state index in [0.717, 1.165) is 0 Å². The maximum Gasteiger partial charge on any atom is 0.0541 e. The van der Waals surface area contributed by atoms with Crippen LogP contribution in [0.1, 0.15) is 83.3 Å². The molecular weight excluding hydrogens is 821 g/mol. The summed E-state index contributed by atoms with van der Waals surface area (Å²) < 4.78 is 4.79. The Morgan fingerprint density at radius 1 is 0.309 bits per heavy atom. The summed E-state index contributed by atoms with van der Waals surface area (Å²) in [5, 5.41) is 5.09. The number of benzene rings is 9. The Kier molecular flexibility index (Phi) is 8.77. The average Bonchev–Trinajstić information content (AvgIpc) is 4.00. The smallest absolute Gasteiger partial charge is 0.0541 e. The van der Waals surface area contributed by atoms with Gasteiger partial charge in [0.25, 0.3) is 0 Å². The maximum absolute atomic E-state index is 2.52. The molecule has 326 valence electrons. The molecule has 2 heteroatoms. The van der Waals surface area contributed by atoms with Crippen molar-refractivity contribution in [2.45, 2.75) is 52.4 Å². The van der Waals surface area contributed by atoms with E-state index in [4.69, 9.17) is 0 Å². The molecule has 0 N–H and O–H groups in total. The van der Waals surface area contributed by atoms with Crippen molar-refractivity contribution in [1.29, 1.82) is 0 Å². The van der Waals surface area contributed by atoms with Crippen molar-refractivity contribution in [3.63, 3.8) is 0 Å². The monoisotopic (exact) mass is 872 g/mol. The van der Waals surface area contributed by atoms with Crippen molar-refractivity contribution >= 4 is 67.9 Å². The van der Waals surface area contributed by atoms with Crippen molar-refractivity contribution in [2.24, 2.45) is 0 Å². The van der Waals surface area contributed by atoms with Gasteiger partial charge in [0, 0.05) is 43.7 Å². The average molecular weight is 873 g/mol. The Morgan fingerprint density at radius 2 is 0.691 bits per heavy atom. The molecule has 9 aromatic carbocycles. The van der Waals surface area contributed by atoms with Gasteiger partial charge in [-0.25, -0.2) is 0 Å². The predicted molar refractivity (Wildman–Crippen MR) is 290 cm³/mol. The van der Waals surface area contributed by atoms with Gasteiger partial charge in [0.15, 0.2) is 0 Å². The highest BCUT2D eigenvalue weighted by Crippen LogP contribution is 2.56. The van der Waals surface area contributed by atoms with Crippen molar-refractivity contribution in [2.75, 3.05) is 0 Å². The van der Waals surface area contributed by atoms with Crippen LogP contribution in [0.15, 0.2) is 182 Å². The lowest BCUT2D eigenvalue weighted by Crippen LogP contribution is -2.17. The number of nitrogens with zero attached hydrogens (tertiary/aromatic N) is 2. The number of hydrogen-bond acceptors (Lipinski definition) is 0. The molecule has 2 heterocycles. The molecule has 2 aliphatic rings. The molecule has 0 spiro atoms. The quantitative estimate of drug-likeness (QED) is 0.147. The van der Waals surface area contributed by atoms with Crippen LogP contribution in [0.4, 0.5) is 0 Å². The summed E-state index contributed by atoms with van der Waals surface area (Å²) in [7, 11) is 0. The summed E-state index contributed by atoms with van der Waals surface area (Å²) in [6, 6.07) is 68.0. The lowest BCUT2D eigenvalue weighted by molar-refractivity contribution is 0.652. The zero-order chi connectivity index (χ0) is 46.1. The van der Waals surface area contributed by atoms with Gasteiger partial charge in [-0.05, 0) is 165 Å². The third kappa shape index (κ3) is 6.10. The Labute approximate surface area is 398 Å². The molecule has 11 aromatic rings. The van der Waals surface area contributed by atoms with Crippen LogP contribution >= 0.6 is 0 Å². The van der Waals surface area contributed by atoms with Crippen LogP contribution in [0.3, 0.4) is 0 Å². The molecule has 0 atom stereocenters. The van der Waals surface area contributed by atoms with Gasteiger partial charge in [0.2, 0.25) is 0 Å². The Bertz CT molecular complexity index is 3950. The zero-order valence-corrected chi connectivity index (χ0v) is 39.5. The summed E-state index contributed by atoms with van der Waals surface area (Å²) >= 11 is 0. The van der Waals surface area contributed by atoms with Gasteiger partial charge in [-0.15, -0.1) is 0 Å². The summed E-state index contributed by atoms with van der Waals surface area (Å²) in [4.78, 5) is 0. The standard InChI is InChI=1S/C66H52N2/c1-41-32-42(2)34-48(33-41)68-62-19-13-11-17-52(62)56-36-44(27-31-64(56)68)21-23-46-25-29-50-54-40-59-53(39-60(54)66(5,6)58(50)38-46)49-28-24-45(37-57(49)65(59,3)4)22-20-43-26-30-63-55(35-43)51-16-10-12-18-61(51)67(63)47-14-8-7-9-15-47/h7-40H,1-6H3. The second-order valence-electron chi connectivity index (χ2n) is 20.4. The molecular formula is C66H52N2. The third-order valence-electron chi connectivity index (χ3n) is 15.3. The van der Waals surface area contributed by atoms with Gasteiger partial charge < -0.3 is 9.13 Å². The molecule has 2 aromatic heterocycles. The number of para-hydroxylation sites is 3. The van der Waals surface area contributed by atoms with E-state index in [2.05, 4.69) is 257 Å². The van der Waals surface area contributed by atoms with E-state index in [1.165, 1.54) is 133 Å². The van der Waals surface area contributed by atoms with E-state index in [1.807, 2.05) is 0 Å². The molecule has 0 saturated carbocycles. The van der Waals surface area contributed by atoms with Gasteiger partial charge in [-0.3, -0.25) is 0 Å². The van der Waals surface area contributed by atoms with Crippen molar-refractivity contribution < 1.29 is 0 Å². The normalized spacial score (nSPS) is 14.4. The second-order valence-corrected chi connectivity index (χ2v) is 20.4. The highest BCUT2D eigenvalue weighted by atomic mass is 15.0. The van der Waals surface area contributed by atoms with Crippen LogP contribution < -0.4 is 0 Å². The van der Waals surface area contributed by atoms with E-state index in [9.17, 15) is 0 Å². The zero-order valence-electron chi connectivity index (χ0n) is 39.5. The summed E-state index contributed by atoms with van der Waals surface area (Å²) in [6.07, 6.45) is 9.12. The molecule has 13 rings (SSSR count). The van der Waals surface area contributed by atoms with Crippen LogP contribution in [0, 0.1) is 13.8 Å². The molecule has 68 heavy (non-hydrogen) atoms. The number of rotatable bonds is 6. The van der Waals surface area contributed by atoms with Gasteiger partial charge >= 0.3 is 0 Å². The van der Waals surface area contributed by atoms with Crippen LogP contribution in [0.5, 0.6) is 0 Å². The SMILES string of the molecule is Cc1cc(C)cc(-n2c3ccccc3c3cc(C=Cc4ccc5c(c4)C(C)(C)c4cc6c(cc4-5)C(C)(C)c4cc(C=Cc5ccc7c(c5)c5ccccc5n7-c5ccccc5)ccc4-6)ccc32)c1. The minimum Gasteiger partial charge on any atom is -0.309 e. The Balaban J connectivity index is 0.796. The first kappa shape index (κ1) is 40.3. The van der Waals surface area contributed by atoms with Crippen LogP contribution in [0.2, 0.25) is 0 Å². The number of fused-ring (bicyclic) bond motifs is 12. The van der Waals surface area contributed by atoms with Crippen LogP contribution in [-0.4, -0.2) is 9.13 Å². The molecule has 0 fully saturated rings. The lowest BCUT2D eigenvalue weighted by atomic mass is 9.79. The maximum atomic E-state index is 2.52. The predicted octanol–water partition coefficient (Wildman–Crippen LogP) is 17.5. The number of hydrogen-bond donors (Lipinski definition) is 0. The second kappa shape index (κ2) is 14.8. The van der Waals surface area contributed by atoms with E-state index >= 15 is 0 Å². The molecule has 0 bridgehead atoms. The number of aromatic nitrogens is 2. The first-order valence-electron chi connectivity index (χ1n) is 24.1. The molecule has 0 aliphatic heterocycles. The van der Waals surface area contributed by atoms with E-state index in [0.29, 0.717) is 0 Å². The van der Waals surface area contributed by atoms with E-state index in [1.54, 1.807) is 0 Å². The summed E-state index contributed by atoms with van der Waals surface area (Å²) in [6.45, 7) is 14.0. The summed E-state index contributed by atoms with van der Waals surface area (Å²) in [5.41, 5.74) is 25.5. The van der Waals surface area contributed by atoms with E-state index < -0.39 is 0 Å². The minimum atomic E-state index is -0.136. The highest BCUT2D eigenvalue weighted by Gasteiger charge is 2.41. The molecule has 2 nitrogen and oxygen atoms in total. The van der Waals surface area contributed by atoms with E-state index in [-0.39, 0.29) is 10.8 Å². The molecule has 0 unspecified atom stereocenters. The van der Waals surface area contributed by atoms with Gasteiger partial charge in [0.05, 0.1) is 22.1 Å². The van der Waals surface area contributed by atoms with Crippen molar-refractivity contribution in [3.8, 4) is 33.6 Å². The van der Waals surface area contributed by atoms with Crippen molar-refractivity contribution in [3.05, 3.63) is 238 Å². The molecule has 2 aliphatic carbocycles. The van der Waals surface area contributed by atoms with Gasteiger partial charge in [-0.2, -0.15) is 0 Å². The van der Waals surface area contributed by atoms with Crippen molar-refractivity contribution in [1.82, 2.24) is 9.13 Å². The fourth-order valence-electron chi connectivity index (χ4n) is 12.0. The molecule has 0 radical (unpaired) electrons. The number of aryl methyl sites for hydroxylation is 2. The topological polar surface area (TPSA) is 9.86 Å². The van der Waals surface area contributed by atoms with Gasteiger partial charge in [-0.1, -0.05) is 161 Å². The Hall–Kier alpha value is -7.94. The van der Waals surface area contributed by atoms with Gasteiger partial charge in [0.1, 0.15) is 0 Å². The minimum absolute atomic E-state index is 0.135. The Morgan fingerprint density at radius 3 is 1.18 bits per heavy atom. The largest absolute Gasteiger partial charge is 0.309 e. The fraction of sp³-hybridized carbons (Fsp3) is 0.121. The van der Waals surface area contributed by atoms with Crippen LogP contribution in [-0.2, 0) is 10.8 Å². The lowest BCUT2D eigenvalue weighted by Gasteiger charge is -2.24. The molecule has 0 saturated heterocycles. The highest BCUT2D eigenvalue weighted by molar-refractivity contribution is 6.11. The first-order chi connectivity index (χ1) is 33.0. The summed E-state index contributed by atoms with van der Waals surface area (Å²) in [5.74, 6) is 0. The first-order valence-corrected chi connectivity index (χ1v) is 24.1. The fourth-order valence-corrected chi connectivity index (χ4v) is 12.0. The molecule has 0 amide bonds. The van der Waals surface area contributed by atoms with Crippen LogP contribution in [0.25, 0.3) is 102 Å². The third-order valence-corrected chi connectivity index (χ3v) is 15.3.